The molecule has 55 valence electrons. The van der Waals surface area contributed by atoms with Gasteiger partial charge in [0.25, 0.3) is 0 Å². The number of hydrogen-bond donors (Lipinski definition) is 0. The van der Waals surface area contributed by atoms with Gasteiger partial charge in [0, 0.05) is 5.03 Å². The highest BCUT2D eigenvalue weighted by molar-refractivity contribution is 6.32. The molecule has 1 aliphatic rings. The molecular weight excluding hydrogens is 144 g/mol. The summed E-state index contributed by atoms with van der Waals surface area (Å²) in [6, 6.07) is 0. The van der Waals surface area contributed by atoms with Crippen molar-refractivity contribution in [2.45, 2.75) is 20.8 Å². The van der Waals surface area contributed by atoms with E-state index in [1.165, 1.54) is 11.1 Å². The molecule has 0 nitrogen and oxygen atoms in total. The van der Waals surface area contributed by atoms with Crippen molar-refractivity contribution in [3.63, 3.8) is 0 Å². The van der Waals surface area contributed by atoms with Crippen LogP contribution in [0.3, 0.4) is 0 Å². The standard InChI is InChI=1S/C9H12Cl/c1-6-4-7(2)9(10)8(3)5-6/h4-6H,1-3H3. The van der Waals surface area contributed by atoms with Gasteiger partial charge < -0.3 is 0 Å². The molecule has 0 aliphatic heterocycles. The molecule has 0 spiro atoms. The highest BCUT2D eigenvalue weighted by atomic mass is 35.5. The van der Waals surface area contributed by atoms with E-state index >= 15 is 0 Å². The Kier molecular flexibility index (Phi) is 2.20. The summed E-state index contributed by atoms with van der Waals surface area (Å²) in [6.07, 6.45) is 4.35. The van der Waals surface area contributed by atoms with Crippen molar-refractivity contribution in [1.82, 2.24) is 0 Å². The third-order valence-corrected chi connectivity index (χ3v) is 2.31. The quantitative estimate of drug-likeness (QED) is 0.504. The topological polar surface area (TPSA) is 0 Å². The molecular formula is C9H12Cl. The minimum Gasteiger partial charge on any atom is -0.0841 e. The second-order valence-electron chi connectivity index (χ2n) is 2.87. The fraction of sp³-hybridized carbons (Fsp3) is 0.444. The van der Waals surface area contributed by atoms with Crippen molar-refractivity contribution in [3.8, 4) is 0 Å². The highest BCUT2D eigenvalue weighted by Crippen LogP contribution is 2.29. The lowest BCUT2D eigenvalue weighted by atomic mass is 9.93. The van der Waals surface area contributed by atoms with Gasteiger partial charge in [0.05, 0.1) is 0 Å². The SMILES string of the molecule is CC1=CC(C)[CH]C(C)=C1Cl. The summed E-state index contributed by atoms with van der Waals surface area (Å²) in [4.78, 5) is 0. The van der Waals surface area contributed by atoms with Crippen molar-refractivity contribution in [2.24, 2.45) is 5.92 Å². The van der Waals surface area contributed by atoms with Gasteiger partial charge in [-0.15, -0.1) is 0 Å². The maximum absolute atomic E-state index is 5.96. The van der Waals surface area contributed by atoms with Crippen molar-refractivity contribution < 1.29 is 0 Å². The average molecular weight is 156 g/mol. The third-order valence-electron chi connectivity index (χ3n) is 1.72. The molecule has 0 bridgehead atoms. The summed E-state index contributed by atoms with van der Waals surface area (Å²) in [6.45, 7) is 6.26. The second kappa shape index (κ2) is 2.79. The van der Waals surface area contributed by atoms with Crippen LogP contribution in [0.2, 0.25) is 0 Å². The van der Waals surface area contributed by atoms with E-state index in [4.69, 9.17) is 11.6 Å². The van der Waals surface area contributed by atoms with Crippen LogP contribution < -0.4 is 0 Å². The van der Waals surface area contributed by atoms with E-state index in [-0.39, 0.29) is 0 Å². The summed E-state index contributed by atoms with van der Waals surface area (Å²) >= 11 is 5.96. The molecule has 1 aliphatic carbocycles. The molecule has 0 saturated heterocycles. The summed E-state index contributed by atoms with van der Waals surface area (Å²) < 4.78 is 0. The van der Waals surface area contributed by atoms with E-state index in [0.717, 1.165) is 5.03 Å². The Morgan fingerprint density at radius 2 is 2.00 bits per heavy atom. The third kappa shape index (κ3) is 1.43. The zero-order valence-electron chi connectivity index (χ0n) is 6.61. The van der Waals surface area contributed by atoms with Crippen LogP contribution in [0.5, 0.6) is 0 Å². The number of allylic oxidation sites excluding steroid dienone is 4. The van der Waals surface area contributed by atoms with Gasteiger partial charge in [-0.05, 0) is 31.8 Å². The smallest absolute Gasteiger partial charge is 0.0424 e. The summed E-state index contributed by atoms with van der Waals surface area (Å²) in [7, 11) is 0. The molecule has 0 heterocycles. The van der Waals surface area contributed by atoms with Crippen LogP contribution in [0.1, 0.15) is 20.8 Å². The zero-order valence-corrected chi connectivity index (χ0v) is 7.37. The molecule has 1 heteroatoms. The Bertz CT molecular complexity index is 199. The van der Waals surface area contributed by atoms with Crippen molar-refractivity contribution in [1.29, 1.82) is 0 Å². The van der Waals surface area contributed by atoms with E-state index in [9.17, 15) is 0 Å². The normalized spacial score (nSPS) is 26.8. The lowest BCUT2D eigenvalue weighted by Crippen LogP contribution is -2.01. The van der Waals surface area contributed by atoms with Gasteiger partial charge in [-0.3, -0.25) is 0 Å². The molecule has 1 unspecified atom stereocenters. The van der Waals surface area contributed by atoms with Crippen LogP contribution >= 0.6 is 11.6 Å². The largest absolute Gasteiger partial charge is 0.0841 e. The first kappa shape index (κ1) is 7.87. The van der Waals surface area contributed by atoms with Crippen LogP contribution in [0, 0.1) is 12.3 Å². The molecule has 0 saturated carbocycles. The minimum absolute atomic E-state index is 0.544. The average Bonchev–Trinajstić information content (AvgIpc) is 1.82. The van der Waals surface area contributed by atoms with Gasteiger partial charge in [-0.1, -0.05) is 30.2 Å². The molecule has 1 atom stereocenters. The number of hydrogen-bond acceptors (Lipinski definition) is 0. The number of rotatable bonds is 0. The summed E-state index contributed by atoms with van der Waals surface area (Å²) in [5, 5.41) is 0.915. The monoisotopic (exact) mass is 155 g/mol. The molecule has 0 aromatic carbocycles. The first-order valence-corrected chi connectivity index (χ1v) is 3.89. The van der Waals surface area contributed by atoms with Crippen LogP contribution in [-0.4, -0.2) is 0 Å². The molecule has 0 aromatic rings. The zero-order chi connectivity index (χ0) is 7.72. The van der Waals surface area contributed by atoms with Gasteiger partial charge in [-0.2, -0.15) is 0 Å². The fourth-order valence-corrected chi connectivity index (χ4v) is 1.42. The van der Waals surface area contributed by atoms with E-state index in [2.05, 4.69) is 33.3 Å². The van der Waals surface area contributed by atoms with E-state index in [0.29, 0.717) is 5.92 Å². The van der Waals surface area contributed by atoms with Crippen molar-refractivity contribution in [2.75, 3.05) is 0 Å². The van der Waals surface area contributed by atoms with E-state index in [1.54, 1.807) is 0 Å². The van der Waals surface area contributed by atoms with Crippen LogP contribution in [0.25, 0.3) is 0 Å². The van der Waals surface area contributed by atoms with Crippen LogP contribution in [0.4, 0.5) is 0 Å². The molecule has 1 radical (unpaired) electrons. The molecule has 1 rings (SSSR count). The van der Waals surface area contributed by atoms with Gasteiger partial charge in [0.2, 0.25) is 0 Å². The Labute approximate surface area is 67.6 Å². The first-order valence-electron chi connectivity index (χ1n) is 3.51. The predicted molar refractivity (Wildman–Crippen MR) is 45.8 cm³/mol. The predicted octanol–water partition coefficient (Wildman–Crippen LogP) is 3.30. The van der Waals surface area contributed by atoms with E-state index < -0.39 is 0 Å². The maximum Gasteiger partial charge on any atom is 0.0424 e. The van der Waals surface area contributed by atoms with E-state index in [1.807, 2.05) is 0 Å². The molecule has 0 amide bonds. The molecule has 0 aromatic heterocycles. The van der Waals surface area contributed by atoms with Gasteiger partial charge in [-0.25, -0.2) is 0 Å². The summed E-state index contributed by atoms with van der Waals surface area (Å²) in [5.41, 5.74) is 2.41. The lowest BCUT2D eigenvalue weighted by Gasteiger charge is -2.16. The Morgan fingerprint density at radius 1 is 1.40 bits per heavy atom. The summed E-state index contributed by atoms with van der Waals surface area (Å²) in [5.74, 6) is 0.544. The maximum atomic E-state index is 5.96. The second-order valence-corrected chi connectivity index (χ2v) is 3.25. The Hall–Kier alpha value is -0.230. The molecule has 0 fully saturated rings. The highest BCUT2D eigenvalue weighted by Gasteiger charge is 2.12. The van der Waals surface area contributed by atoms with Gasteiger partial charge >= 0.3 is 0 Å². The number of halogens is 1. The fourth-order valence-electron chi connectivity index (χ4n) is 1.29. The van der Waals surface area contributed by atoms with Gasteiger partial charge in [0.1, 0.15) is 0 Å². The van der Waals surface area contributed by atoms with Crippen LogP contribution in [0.15, 0.2) is 22.3 Å². The van der Waals surface area contributed by atoms with Crippen LogP contribution in [-0.2, 0) is 0 Å². The first-order chi connectivity index (χ1) is 4.61. The Balaban J connectivity index is 2.90. The lowest BCUT2D eigenvalue weighted by molar-refractivity contribution is 0.840. The van der Waals surface area contributed by atoms with Crippen molar-refractivity contribution >= 4 is 11.6 Å². The molecule has 0 N–H and O–H groups in total. The minimum atomic E-state index is 0.544. The Morgan fingerprint density at radius 3 is 2.50 bits per heavy atom. The van der Waals surface area contributed by atoms with Crippen molar-refractivity contribution in [3.05, 3.63) is 28.7 Å². The van der Waals surface area contributed by atoms with Gasteiger partial charge in [0.15, 0.2) is 0 Å². The molecule has 10 heavy (non-hydrogen) atoms.